The van der Waals surface area contributed by atoms with Crippen LogP contribution in [0.1, 0.15) is 5.69 Å². The van der Waals surface area contributed by atoms with Gasteiger partial charge in [0.25, 0.3) is 0 Å². The minimum absolute atomic E-state index is 1.10. The number of hydrogen-bond donors (Lipinski definition) is 1. The van der Waals surface area contributed by atoms with Gasteiger partial charge in [0.2, 0.25) is 5.52 Å². The summed E-state index contributed by atoms with van der Waals surface area (Å²) in [4.78, 5) is 3.38. The lowest BCUT2D eigenvalue weighted by Crippen LogP contribution is -2.09. The van der Waals surface area contributed by atoms with E-state index in [4.69, 9.17) is 0 Å². The van der Waals surface area contributed by atoms with Crippen molar-refractivity contribution in [3.05, 3.63) is 66.4 Å². The van der Waals surface area contributed by atoms with Crippen LogP contribution >= 0.6 is 0 Å². The number of anilines is 2. The van der Waals surface area contributed by atoms with Crippen molar-refractivity contribution < 1.29 is 4.98 Å². The van der Waals surface area contributed by atoms with Crippen LogP contribution in [0.4, 0.5) is 11.4 Å². The smallest absolute Gasteiger partial charge is 0.213 e. The Labute approximate surface area is 106 Å². The molecule has 3 rings (SSSR count). The van der Waals surface area contributed by atoms with Gasteiger partial charge in [0, 0.05) is 24.7 Å². The van der Waals surface area contributed by atoms with Gasteiger partial charge < -0.3 is 5.32 Å². The number of aromatic nitrogens is 1. The summed E-state index contributed by atoms with van der Waals surface area (Å²) >= 11 is 0. The molecule has 0 amide bonds. The van der Waals surface area contributed by atoms with Gasteiger partial charge in [0.1, 0.15) is 0 Å². The van der Waals surface area contributed by atoms with Gasteiger partial charge in [0.05, 0.1) is 11.1 Å². The summed E-state index contributed by atoms with van der Waals surface area (Å²) in [5.41, 5.74) is 4.53. The number of benzene rings is 2. The molecule has 0 bridgehead atoms. The third-order valence-electron chi connectivity index (χ3n) is 2.96. The molecule has 1 heterocycles. The summed E-state index contributed by atoms with van der Waals surface area (Å²) in [5, 5.41) is 4.67. The van der Waals surface area contributed by atoms with E-state index in [1.165, 1.54) is 5.39 Å². The van der Waals surface area contributed by atoms with Crippen molar-refractivity contribution in [2.75, 3.05) is 5.32 Å². The van der Waals surface area contributed by atoms with Crippen molar-refractivity contribution in [1.82, 2.24) is 0 Å². The monoisotopic (exact) mass is 235 g/mol. The molecule has 1 aromatic heterocycles. The van der Waals surface area contributed by atoms with Crippen molar-refractivity contribution in [2.45, 2.75) is 6.92 Å². The van der Waals surface area contributed by atoms with Crippen molar-refractivity contribution in [3.8, 4) is 0 Å². The molecule has 0 fully saturated rings. The van der Waals surface area contributed by atoms with Gasteiger partial charge in [-0.2, -0.15) is 0 Å². The minimum atomic E-state index is 1.10. The molecule has 3 aromatic rings. The maximum atomic E-state index is 3.47. The van der Waals surface area contributed by atoms with Gasteiger partial charge in [0.15, 0.2) is 5.69 Å². The molecule has 2 N–H and O–H groups in total. The van der Waals surface area contributed by atoms with Crippen LogP contribution in [-0.4, -0.2) is 0 Å². The van der Waals surface area contributed by atoms with Gasteiger partial charge in [-0.1, -0.05) is 30.3 Å². The molecule has 0 atom stereocenters. The van der Waals surface area contributed by atoms with Crippen LogP contribution in [-0.2, 0) is 0 Å². The molecule has 0 aliphatic rings. The molecule has 88 valence electrons. The van der Waals surface area contributed by atoms with E-state index >= 15 is 0 Å². The fourth-order valence-corrected chi connectivity index (χ4v) is 2.15. The van der Waals surface area contributed by atoms with Crippen LogP contribution in [0.15, 0.2) is 60.7 Å². The summed E-state index contributed by atoms with van der Waals surface area (Å²) in [6, 6.07) is 20.7. The second kappa shape index (κ2) is 4.49. The Morgan fingerprint density at radius 2 is 1.61 bits per heavy atom. The van der Waals surface area contributed by atoms with Crippen LogP contribution in [0.2, 0.25) is 0 Å². The largest absolute Gasteiger partial charge is 0.355 e. The Hall–Kier alpha value is -2.35. The molecule has 18 heavy (non-hydrogen) atoms. The van der Waals surface area contributed by atoms with E-state index in [-0.39, 0.29) is 0 Å². The van der Waals surface area contributed by atoms with E-state index in [1.54, 1.807) is 0 Å². The summed E-state index contributed by atoms with van der Waals surface area (Å²) < 4.78 is 0. The van der Waals surface area contributed by atoms with Gasteiger partial charge in [-0.05, 0) is 18.2 Å². The lowest BCUT2D eigenvalue weighted by Gasteiger charge is -2.07. The molecule has 0 aliphatic heterocycles. The van der Waals surface area contributed by atoms with Crippen LogP contribution in [0, 0.1) is 6.92 Å². The normalized spacial score (nSPS) is 10.5. The van der Waals surface area contributed by atoms with Gasteiger partial charge in [-0.25, -0.2) is 4.98 Å². The Morgan fingerprint density at radius 1 is 0.889 bits per heavy atom. The molecular formula is C16H15N2+. The summed E-state index contributed by atoms with van der Waals surface area (Å²) in [5.74, 6) is 0. The molecular weight excluding hydrogens is 220 g/mol. The summed E-state index contributed by atoms with van der Waals surface area (Å²) in [7, 11) is 0. The average molecular weight is 235 g/mol. The molecule has 2 nitrogen and oxygen atoms in total. The standard InChI is InChI=1S/C16H14N2/c1-12-11-16(18-13-7-3-2-4-8-13)14-9-5-6-10-15(14)17-12/h2-11H,1H3,(H,17,18)/p+1. The Bertz CT molecular complexity index is 675. The Kier molecular flexibility index (Phi) is 2.69. The first-order valence-electron chi connectivity index (χ1n) is 6.07. The number of para-hydroxylation sites is 2. The average Bonchev–Trinajstić information content (AvgIpc) is 2.40. The molecule has 0 saturated heterocycles. The number of aryl methyl sites for hydroxylation is 1. The van der Waals surface area contributed by atoms with Crippen LogP contribution < -0.4 is 10.3 Å². The van der Waals surface area contributed by atoms with Crippen LogP contribution in [0.25, 0.3) is 10.9 Å². The highest BCUT2D eigenvalue weighted by atomic mass is 14.9. The topological polar surface area (TPSA) is 26.2 Å². The first-order chi connectivity index (χ1) is 8.83. The van der Waals surface area contributed by atoms with Crippen LogP contribution in [0.5, 0.6) is 0 Å². The SMILES string of the molecule is Cc1cc(Nc2ccccc2)c2ccccc2[nH+]1. The zero-order valence-electron chi connectivity index (χ0n) is 10.3. The Balaban J connectivity index is 2.11. The quantitative estimate of drug-likeness (QED) is 0.720. The van der Waals surface area contributed by atoms with Crippen molar-refractivity contribution >= 4 is 22.3 Å². The third kappa shape index (κ3) is 2.05. The molecule has 0 unspecified atom stereocenters. The minimum Gasteiger partial charge on any atom is -0.355 e. The number of pyridine rings is 1. The molecule has 0 radical (unpaired) electrons. The molecule has 2 aromatic carbocycles. The first-order valence-corrected chi connectivity index (χ1v) is 6.07. The van der Waals surface area contributed by atoms with Gasteiger partial charge in [-0.3, -0.25) is 0 Å². The maximum Gasteiger partial charge on any atom is 0.213 e. The number of fused-ring (bicyclic) bond motifs is 1. The number of aromatic amines is 1. The summed E-state index contributed by atoms with van der Waals surface area (Å²) in [6.07, 6.45) is 0. The highest BCUT2D eigenvalue weighted by Gasteiger charge is 2.08. The predicted molar refractivity (Wildman–Crippen MR) is 75.0 cm³/mol. The summed E-state index contributed by atoms with van der Waals surface area (Å²) in [6.45, 7) is 2.07. The number of H-pyrrole nitrogens is 1. The van der Waals surface area contributed by atoms with E-state index in [2.05, 4.69) is 53.6 Å². The number of rotatable bonds is 2. The fourth-order valence-electron chi connectivity index (χ4n) is 2.15. The zero-order chi connectivity index (χ0) is 12.4. The van der Waals surface area contributed by atoms with Crippen molar-refractivity contribution in [1.29, 1.82) is 0 Å². The predicted octanol–water partition coefficient (Wildman–Crippen LogP) is 3.71. The second-order valence-electron chi connectivity index (χ2n) is 4.40. The van der Waals surface area contributed by atoms with Crippen molar-refractivity contribution in [3.63, 3.8) is 0 Å². The van der Waals surface area contributed by atoms with E-state index in [0.29, 0.717) is 0 Å². The number of hydrogen-bond acceptors (Lipinski definition) is 1. The fraction of sp³-hybridized carbons (Fsp3) is 0.0625. The molecule has 2 heteroatoms. The molecule has 0 aliphatic carbocycles. The third-order valence-corrected chi connectivity index (χ3v) is 2.96. The highest BCUT2D eigenvalue weighted by molar-refractivity contribution is 5.91. The van der Waals surface area contributed by atoms with Crippen LogP contribution in [0.3, 0.4) is 0 Å². The van der Waals surface area contributed by atoms with Gasteiger partial charge in [-0.15, -0.1) is 0 Å². The first kappa shape index (κ1) is 10.8. The highest BCUT2D eigenvalue weighted by Crippen LogP contribution is 2.24. The van der Waals surface area contributed by atoms with E-state index in [0.717, 1.165) is 22.6 Å². The maximum absolute atomic E-state index is 3.47. The zero-order valence-corrected chi connectivity index (χ0v) is 10.3. The molecule has 0 saturated carbocycles. The Morgan fingerprint density at radius 3 is 2.44 bits per heavy atom. The lowest BCUT2D eigenvalue weighted by atomic mass is 10.1. The van der Waals surface area contributed by atoms with Gasteiger partial charge >= 0.3 is 0 Å². The van der Waals surface area contributed by atoms with E-state index in [1.807, 2.05) is 24.3 Å². The molecule has 0 spiro atoms. The van der Waals surface area contributed by atoms with Crippen molar-refractivity contribution in [2.24, 2.45) is 0 Å². The second-order valence-corrected chi connectivity index (χ2v) is 4.40. The van der Waals surface area contributed by atoms with E-state index < -0.39 is 0 Å². The van der Waals surface area contributed by atoms with E-state index in [9.17, 15) is 0 Å². The lowest BCUT2D eigenvalue weighted by molar-refractivity contribution is -0.354. The number of nitrogens with one attached hydrogen (secondary N) is 2.